The number of piperidine rings is 1. The van der Waals surface area contributed by atoms with Gasteiger partial charge in [-0.25, -0.2) is 4.98 Å². The molecule has 1 atom stereocenters. The Morgan fingerprint density at radius 3 is 2.74 bits per heavy atom. The van der Waals surface area contributed by atoms with E-state index in [-0.39, 0.29) is 12.5 Å². The summed E-state index contributed by atoms with van der Waals surface area (Å²) in [5, 5.41) is 10.8. The summed E-state index contributed by atoms with van der Waals surface area (Å²) in [4.78, 5) is 28.3. The van der Waals surface area contributed by atoms with Crippen LogP contribution in [-0.4, -0.2) is 50.1 Å². The molecule has 0 bridgehead atoms. The van der Waals surface area contributed by atoms with E-state index in [1.54, 1.807) is 12.1 Å². The monoisotopic (exact) mass is 460 g/mol. The number of benzene rings is 2. The number of methoxy groups -OCH3 is 1. The highest BCUT2D eigenvalue weighted by Crippen LogP contribution is 2.29. The zero-order valence-corrected chi connectivity index (χ0v) is 19.6. The third-order valence-electron chi connectivity index (χ3n) is 6.28. The molecule has 7 nitrogen and oxygen atoms in total. The fourth-order valence-electron chi connectivity index (χ4n) is 4.37. The van der Waals surface area contributed by atoms with Gasteiger partial charge in [-0.15, -0.1) is 0 Å². The van der Waals surface area contributed by atoms with Crippen LogP contribution >= 0.6 is 0 Å². The SMILES string of the molecule is COC(=O)CNC(=O)c1ccc(-c2cc(NCCCC3CCCNC3)c3ccccc3n2)cc1. The van der Waals surface area contributed by atoms with Gasteiger partial charge in [0.15, 0.2) is 0 Å². The fourth-order valence-corrected chi connectivity index (χ4v) is 4.37. The number of fused-ring (bicyclic) bond motifs is 1. The van der Waals surface area contributed by atoms with Gasteiger partial charge in [-0.2, -0.15) is 0 Å². The van der Waals surface area contributed by atoms with E-state index in [2.05, 4.69) is 32.8 Å². The van der Waals surface area contributed by atoms with Crippen LogP contribution in [0.5, 0.6) is 0 Å². The van der Waals surface area contributed by atoms with Gasteiger partial charge in [0.05, 0.1) is 18.3 Å². The Morgan fingerprint density at radius 1 is 1.15 bits per heavy atom. The molecule has 0 aliphatic carbocycles. The third kappa shape index (κ3) is 6.11. The maximum Gasteiger partial charge on any atom is 0.325 e. The number of hydrogen-bond acceptors (Lipinski definition) is 6. The highest BCUT2D eigenvalue weighted by atomic mass is 16.5. The van der Waals surface area contributed by atoms with Crippen LogP contribution < -0.4 is 16.0 Å². The molecule has 0 spiro atoms. The Bertz CT molecular complexity index is 1120. The quantitative estimate of drug-likeness (QED) is 0.330. The number of carbonyl (C=O) groups is 2. The summed E-state index contributed by atoms with van der Waals surface area (Å²) in [6.45, 7) is 3.05. The number of para-hydroxylation sites is 1. The van der Waals surface area contributed by atoms with Crippen molar-refractivity contribution in [3.63, 3.8) is 0 Å². The molecule has 1 aliphatic heterocycles. The second-order valence-corrected chi connectivity index (χ2v) is 8.69. The lowest BCUT2D eigenvalue weighted by molar-refractivity contribution is -0.139. The number of rotatable bonds is 9. The molecule has 3 aromatic rings. The van der Waals surface area contributed by atoms with Gasteiger partial charge < -0.3 is 20.7 Å². The Hall–Kier alpha value is -3.45. The molecule has 1 aliphatic rings. The van der Waals surface area contributed by atoms with Gasteiger partial charge in [0.2, 0.25) is 0 Å². The van der Waals surface area contributed by atoms with Gasteiger partial charge in [0.25, 0.3) is 5.91 Å². The molecule has 0 radical (unpaired) electrons. The highest BCUT2D eigenvalue weighted by molar-refractivity contribution is 5.97. The Labute approximate surface area is 200 Å². The van der Waals surface area contributed by atoms with E-state index in [0.717, 1.165) is 59.8 Å². The molecule has 0 saturated carbocycles. The summed E-state index contributed by atoms with van der Waals surface area (Å²) in [6.07, 6.45) is 4.97. The van der Waals surface area contributed by atoms with Crippen molar-refractivity contribution in [2.24, 2.45) is 5.92 Å². The van der Waals surface area contributed by atoms with Gasteiger partial charge in [0, 0.05) is 28.7 Å². The Morgan fingerprint density at radius 2 is 1.97 bits per heavy atom. The van der Waals surface area contributed by atoms with Crippen molar-refractivity contribution in [1.29, 1.82) is 0 Å². The minimum atomic E-state index is -0.485. The van der Waals surface area contributed by atoms with Crippen molar-refractivity contribution < 1.29 is 14.3 Å². The van der Waals surface area contributed by atoms with Crippen LogP contribution in [0, 0.1) is 5.92 Å². The minimum absolute atomic E-state index is 0.157. The number of amides is 1. The molecular weight excluding hydrogens is 428 g/mol. The van der Waals surface area contributed by atoms with Gasteiger partial charge in [-0.1, -0.05) is 30.3 Å². The van der Waals surface area contributed by atoms with E-state index >= 15 is 0 Å². The first-order valence-electron chi connectivity index (χ1n) is 11.9. The van der Waals surface area contributed by atoms with E-state index in [1.807, 2.05) is 30.3 Å². The van der Waals surface area contributed by atoms with Crippen LogP contribution in [0.3, 0.4) is 0 Å². The first-order chi connectivity index (χ1) is 16.6. The standard InChI is InChI=1S/C27H32N4O3/c1-34-26(32)18-30-27(33)21-12-10-20(11-13-21)24-16-25(22-8-2-3-9-23(22)31-24)29-15-5-7-19-6-4-14-28-17-19/h2-3,8-13,16,19,28H,4-7,14-15,17-18H2,1H3,(H,29,31)(H,30,33). The zero-order valence-electron chi connectivity index (χ0n) is 19.6. The molecule has 178 valence electrons. The number of pyridine rings is 1. The molecule has 7 heteroatoms. The van der Waals surface area contributed by atoms with Gasteiger partial charge >= 0.3 is 5.97 Å². The highest BCUT2D eigenvalue weighted by Gasteiger charge is 2.13. The summed E-state index contributed by atoms with van der Waals surface area (Å²) in [5.74, 6) is -0.0247. The number of aromatic nitrogens is 1. The van der Waals surface area contributed by atoms with Crippen molar-refractivity contribution >= 4 is 28.5 Å². The number of carbonyl (C=O) groups excluding carboxylic acids is 2. The molecule has 1 unspecified atom stereocenters. The molecule has 1 aromatic heterocycles. The first-order valence-corrected chi connectivity index (χ1v) is 11.9. The number of hydrogen-bond donors (Lipinski definition) is 3. The molecule has 3 N–H and O–H groups in total. The summed E-state index contributed by atoms with van der Waals surface area (Å²) < 4.78 is 4.55. The Balaban J connectivity index is 1.45. The molecule has 2 heterocycles. The smallest absolute Gasteiger partial charge is 0.325 e. The molecule has 1 fully saturated rings. The van der Waals surface area contributed by atoms with Crippen molar-refractivity contribution in [2.75, 3.05) is 38.6 Å². The van der Waals surface area contributed by atoms with Crippen LogP contribution in [0.15, 0.2) is 54.6 Å². The largest absolute Gasteiger partial charge is 0.468 e. The third-order valence-corrected chi connectivity index (χ3v) is 6.28. The Kier molecular flexibility index (Phi) is 8.09. The van der Waals surface area contributed by atoms with Gasteiger partial charge in [-0.05, 0) is 69.0 Å². The van der Waals surface area contributed by atoms with Crippen molar-refractivity contribution in [1.82, 2.24) is 15.6 Å². The van der Waals surface area contributed by atoms with Crippen LogP contribution in [0.4, 0.5) is 5.69 Å². The number of esters is 1. The lowest BCUT2D eigenvalue weighted by atomic mass is 9.95. The topological polar surface area (TPSA) is 92.3 Å². The maximum atomic E-state index is 12.3. The predicted octanol–water partition coefficient (Wildman–Crippen LogP) is 4.00. The van der Waals surface area contributed by atoms with E-state index in [9.17, 15) is 9.59 Å². The average Bonchev–Trinajstić information content (AvgIpc) is 2.90. The zero-order chi connectivity index (χ0) is 23.8. The van der Waals surface area contributed by atoms with E-state index < -0.39 is 5.97 Å². The van der Waals surface area contributed by atoms with E-state index in [4.69, 9.17) is 4.98 Å². The molecule has 4 rings (SSSR count). The van der Waals surface area contributed by atoms with Gasteiger partial charge in [0.1, 0.15) is 6.54 Å². The summed E-state index contributed by atoms with van der Waals surface area (Å²) in [5.41, 5.74) is 4.25. The second-order valence-electron chi connectivity index (χ2n) is 8.69. The van der Waals surface area contributed by atoms with Crippen molar-refractivity contribution in [3.8, 4) is 11.3 Å². The molecule has 34 heavy (non-hydrogen) atoms. The van der Waals surface area contributed by atoms with Crippen molar-refractivity contribution in [2.45, 2.75) is 25.7 Å². The molecular formula is C27H32N4O3. The second kappa shape index (κ2) is 11.6. The van der Waals surface area contributed by atoms with Crippen molar-refractivity contribution in [3.05, 3.63) is 60.2 Å². The fraction of sp³-hybridized carbons (Fsp3) is 0.370. The van der Waals surface area contributed by atoms with Gasteiger partial charge in [-0.3, -0.25) is 9.59 Å². The van der Waals surface area contributed by atoms with E-state index in [0.29, 0.717) is 5.56 Å². The van der Waals surface area contributed by atoms with E-state index in [1.165, 1.54) is 26.4 Å². The first kappa shape index (κ1) is 23.7. The summed E-state index contributed by atoms with van der Waals surface area (Å²) in [6, 6.07) is 17.5. The molecule has 1 amide bonds. The lowest BCUT2D eigenvalue weighted by Crippen LogP contribution is -2.30. The average molecular weight is 461 g/mol. The number of nitrogens with one attached hydrogen (secondary N) is 3. The number of nitrogens with zero attached hydrogens (tertiary/aromatic N) is 1. The summed E-state index contributed by atoms with van der Waals surface area (Å²) >= 11 is 0. The summed E-state index contributed by atoms with van der Waals surface area (Å²) in [7, 11) is 1.29. The predicted molar refractivity (Wildman–Crippen MR) is 135 cm³/mol. The maximum absolute atomic E-state index is 12.3. The molecule has 1 saturated heterocycles. The van der Waals surface area contributed by atoms with Crippen LogP contribution in [0.1, 0.15) is 36.0 Å². The molecule has 2 aromatic carbocycles. The van der Waals surface area contributed by atoms with Crippen LogP contribution in [0.25, 0.3) is 22.2 Å². The lowest BCUT2D eigenvalue weighted by Gasteiger charge is -2.22. The minimum Gasteiger partial charge on any atom is -0.468 e. The van der Waals surface area contributed by atoms with Crippen LogP contribution in [0.2, 0.25) is 0 Å². The number of ether oxygens (including phenoxy) is 1. The number of anilines is 1. The van der Waals surface area contributed by atoms with Crippen LogP contribution in [-0.2, 0) is 9.53 Å². The normalized spacial score (nSPS) is 15.6.